The van der Waals surface area contributed by atoms with Gasteiger partial charge in [0.05, 0.1) is 11.2 Å². The van der Waals surface area contributed by atoms with Crippen LogP contribution in [0.5, 0.6) is 0 Å². The minimum Gasteiger partial charge on any atom is -0.311 e. The van der Waals surface area contributed by atoms with Crippen LogP contribution in [0.2, 0.25) is 0 Å². The van der Waals surface area contributed by atoms with Gasteiger partial charge in [-0.15, -0.1) is 0 Å². The van der Waals surface area contributed by atoms with Gasteiger partial charge in [-0.25, -0.2) is 9.59 Å². The number of nitrogens with zero attached hydrogens (tertiary/aromatic N) is 3. The van der Waals surface area contributed by atoms with E-state index in [9.17, 15) is 14.8 Å². The predicted molar refractivity (Wildman–Crippen MR) is 133 cm³/mol. The third-order valence-corrected chi connectivity index (χ3v) is 6.39. The zero-order chi connectivity index (χ0) is 24.5. The van der Waals surface area contributed by atoms with Gasteiger partial charge in [-0.2, -0.15) is 5.06 Å². The molecule has 4 amide bonds. The molecule has 0 aliphatic carbocycles. The van der Waals surface area contributed by atoms with Crippen molar-refractivity contribution in [3.63, 3.8) is 0 Å². The average molecular weight is 459 g/mol. The molecule has 7 heteroatoms. The van der Waals surface area contributed by atoms with Crippen molar-refractivity contribution >= 4 is 23.4 Å². The highest BCUT2D eigenvalue weighted by atomic mass is 16.5. The molecule has 0 saturated carbocycles. The number of anilines is 2. The lowest BCUT2D eigenvalue weighted by atomic mass is 9.98. The fraction of sp³-hybridized carbons (Fsp3) is 0.259. The molecule has 1 aliphatic heterocycles. The second-order valence-corrected chi connectivity index (χ2v) is 9.13. The Hall–Kier alpha value is -3.84. The molecule has 2 N–H and O–H groups in total. The first-order chi connectivity index (χ1) is 16.2. The summed E-state index contributed by atoms with van der Waals surface area (Å²) in [6, 6.07) is 23.5. The molecule has 3 aromatic rings. The summed E-state index contributed by atoms with van der Waals surface area (Å²) in [5.74, 6) is 0. The molecule has 1 unspecified atom stereocenters. The number of urea groups is 2. The first-order valence-electron chi connectivity index (χ1n) is 11.3. The van der Waals surface area contributed by atoms with Crippen LogP contribution in [-0.4, -0.2) is 38.9 Å². The SMILES string of the molecule is Cc1ccccc1NC(=O)N(O)C1N(c2ccccc2C)C(=O)N(Cc2ccccc2)C1(C)C. The summed E-state index contributed by atoms with van der Waals surface area (Å²) in [6.07, 6.45) is -0.964. The van der Waals surface area contributed by atoms with Crippen molar-refractivity contribution in [2.24, 2.45) is 0 Å². The van der Waals surface area contributed by atoms with Crippen LogP contribution in [0.3, 0.4) is 0 Å². The van der Waals surface area contributed by atoms with E-state index in [1.54, 1.807) is 11.0 Å². The molecule has 0 aromatic heterocycles. The van der Waals surface area contributed by atoms with Gasteiger partial charge in [0.2, 0.25) is 0 Å². The summed E-state index contributed by atoms with van der Waals surface area (Å²) < 4.78 is 0. The van der Waals surface area contributed by atoms with Gasteiger partial charge in [-0.3, -0.25) is 10.1 Å². The molecule has 1 aliphatic rings. The second kappa shape index (κ2) is 9.19. The number of para-hydroxylation sites is 2. The van der Waals surface area contributed by atoms with Crippen LogP contribution in [0.25, 0.3) is 0 Å². The molecular weight excluding hydrogens is 428 g/mol. The van der Waals surface area contributed by atoms with Crippen molar-refractivity contribution in [3.05, 3.63) is 95.6 Å². The maximum atomic E-state index is 13.8. The first-order valence-corrected chi connectivity index (χ1v) is 11.3. The van der Waals surface area contributed by atoms with Crippen molar-refractivity contribution in [2.75, 3.05) is 10.2 Å². The first kappa shape index (κ1) is 23.3. The van der Waals surface area contributed by atoms with Crippen molar-refractivity contribution in [2.45, 2.75) is 45.9 Å². The molecule has 0 bridgehead atoms. The molecule has 7 nitrogen and oxygen atoms in total. The zero-order valence-corrected chi connectivity index (χ0v) is 19.9. The number of aryl methyl sites for hydroxylation is 2. The maximum absolute atomic E-state index is 13.8. The minimum absolute atomic E-state index is 0.282. The molecule has 1 heterocycles. The smallest absolute Gasteiger partial charge is 0.311 e. The van der Waals surface area contributed by atoms with Gasteiger partial charge in [-0.1, -0.05) is 66.7 Å². The van der Waals surface area contributed by atoms with Gasteiger partial charge in [0.25, 0.3) is 0 Å². The van der Waals surface area contributed by atoms with Crippen LogP contribution in [0, 0.1) is 13.8 Å². The van der Waals surface area contributed by atoms with Crippen molar-refractivity contribution in [1.82, 2.24) is 9.96 Å². The molecule has 1 fully saturated rings. The number of carbonyl (C=O) groups excluding carboxylic acids is 2. The Morgan fingerprint density at radius 3 is 2.18 bits per heavy atom. The summed E-state index contributed by atoms with van der Waals surface area (Å²) in [6.45, 7) is 7.85. The van der Waals surface area contributed by atoms with Gasteiger partial charge in [0.1, 0.15) is 0 Å². The third kappa shape index (κ3) is 4.22. The monoisotopic (exact) mass is 458 g/mol. The van der Waals surface area contributed by atoms with Crippen molar-refractivity contribution < 1.29 is 14.8 Å². The fourth-order valence-corrected chi connectivity index (χ4v) is 4.45. The minimum atomic E-state index is -0.964. The van der Waals surface area contributed by atoms with Gasteiger partial charge >= 0.3 is 12.1 Å². The average Bonchev–Trinajstić information content (AvgIpc) is 3.01. The fourth-order valence-electron chi connectivity index (χ4n) is 4.45. The highest BCUT2D eigenvalue weighted by molar-refractivity contribution is 5.98. The van der Waals surface area contributed by atoms with Gasteiger partial charge in [0.15, 0.2) is 6.17 Å². The maximum Gasteiger partial charge on any atom is 0.347 e. The topological polar surface area (TPSA) is 76.1 Å². The van der Waals surface area contributed by atoms with Gasteiger partial charge < -0.3 is 10.2 Å². The van der Waals surface area contributed by atoms with Crippen molar-refractivity contribution in [3.8, 4) is 0 Å². The van der Waals surface area contributed by atoms with Crippen LogP contribution in [0.15, 0.2) is 78.9 Å². The Bertz CT molecular complexity index is 1200. The van der Waals surface area contributed by atoms with E-state index in [2.05, 4.69) is 5.32 Å². The van der Waals surface area contributed by atoms with Crippen LogP contribution >= 0.6 is 0 Å². The Labute approximate surface area is 200 Å². The summed E-state index contributed by atoms with van der Waals surface area (Å²) >= 11 is 0. The van der Waals surface area contributed by atoms with E-state index in [0.29, 0.717) is 23.0 Å². The van der Waals surface area contributed by atoms with E-state index in [4.69, 9.17) is 0 Å². The molecule has 0 radical (unpaired) electrons. The molecule has 4 rings (SSSR count). The summed E-state index contributed by atoms with van der Waals surface area (Å²) in [5, 5.41) is 14.6. The highest BCUT2D eigenvalue weighted by Crippen LogP contribution is 2.40. The summed E-state index contributed by atoms with van der Waals surface area (Å²) in [5.41, 5.74) is 3.02. The molecule has 1 saturated heterocycles. The lowest BCUT2D eigenvalue weighted by Crippen LogP contribution is -2.58. The number of hydrogen-bond acceptors (Lipinski definition) is 3. The number of benzene rings is 3. The van der Waals surface area contributed by atoms with Crippen LogP contribution in [0.1, 0.15) is 30.5 Å². The quantitative estimate of drug-likeness (QED) is 0.376. The Balaban J connectivity index is 1.73. The number of hydrogen-bond donors (Lipinski definition) is 2. The van der Waals surface area contributed by atoms with E-state index in [0.717, 1.165) is 16.7 Å². The van der Waals surface area contributed by atoms with E-state index in [1.807, 2.05) is 100 Å². The number of nitrogens with one attached hydrogen (secondary N) is 1. The number of hydroxylamine groups is 2. The molecule has 1 atom stereocenters. The van der Waals surface area contributed by atoms with Crippen LogP contribution < -0.4 is 10.2 Å². The number of rotatable bonds is 5. The predicted octanol–water partition coefficient (Wildman–Crippen LogP) is 5.77. The molecular formula is C27H30N4O3. The lowest BCUT2D eigenvalue weighted by Gasteiger charge is -2.38. The summed E-state index contributed by atoms with van der Waals surface area (Å²) in [7, 11) is 0. The van der Waals surface area contributed by atoms with Crippen LogP contribution in [0.4, 0.5) is 21.0 Å². The van der Waals surface area contributed by atoms with Gasteiger partial charge in [0, 0.05) is 12.2 Å². The molecule has 3 aromatic carbocycles. The highest BCUT2D eigenvalue weighted by Gasteiger charge is 2.56. The van der Waals surface area contributed by atoms with Crippen molar-refractivity contribution in [1.29, 1.82) is 0 Å². The van der Waals surface area contributed by atoms with E-state index < -0.39 is 17.7 Å². The normalized spacial score (nSPS) is 17.1. The second-order valence-electron chi connectivity index (χ2n) is 9.13. The van der Waals surface area contributed by atoms with Crippen LogP contribution in [-0.2, 0) is 6.54 Å². The number of carbonyl (C=O) groups is 2. The Kier molecular flexibility index (Phi) is 6.30. The third-order valence-electron chi connectivity index (χ3n) is 6.39. The van der Waals surface area contributed by atoms with E-state index in [1.165, 1.54) is 4.90 Å². The molecule has 34 heavy (non-hydrogen) atoms. The summed E-state index contributed by atoms with van der Waals surface area (Å²) in [4.78, 5) is 30.2. The molecule has 0 spiro atoms. The van der Waals surface area contributed by atoms with E-state index in [-0.39, 0.29) is 6.03 Å². The molecule has 176 valence electrons. The Morgan fingerprint density at radius 2 is 1.53 bits per heavy atom. The largest absolute Gasteiger partial charge is 0.347 e. The van der Waals surface area contributed by atoms with Gasteiger partial charge in [-0.05, 0) is 56.5 Å². The Morgan fingerprint density at radius 1 is 0.941 bits per heavy atom. The number of amides is 4. The van der Waals surface area contributed by atoms with E-state index >= 15 is 0 Å². The standard InChI is InChI=1S/C27H30N4O3/c1-19-12-8-10-16-22(19)28-25(32)31(34)24-27(3,4)29(18-21-14-6-5-7-15-21)26(33)30(24)23-17-11-9-13-20(23)2/h5-17,24,34H,18H2,1-4H3,(H,28,32). The lowest BCUT2D eigenvalue weighted by molar-refractivity contribution is -0.0955. The zero-order valence-electron chi connectivity index (χ0n) is 19.9.